The number of fused-ring (bicyclic) bond motifs is 1. The summed E-state index contributed by atoms with van der Waals surface area (Å²) in [6, 6.07) is 6.06. The van der Waals surface area contributed by atoms with Crippen LogP contribution in [0.2, 0.25) is 0 Å². The number of hydrogen-bond donors (Lipinski definition) is 1. The highest BCUT2D eigenvalue weighted by Gasteiger charge is 2.41. The summed E-state index contributed by atoms with van der Waals surface area (Å²) in [5.41, 5.74) is -0.549. The molecule has 0 aliphatic carbocycles. The van der Waals surface area contributed by atoms with Gasteiger partial charge in [0.2, 0.25) is 0 Å². The second-order valence-electron chi connectivity index (χ2n) is 5.89. The zero-order valence-electron chi connectivity index (χ0n) is 11.6. The molecule has 3 nitrogen and oxygen atoms in total. The highest BCUT2D eigenvalue weighted by Crippen LogP contribution is 2.40. The Hall–Kier alpha value is -1.27. The summed E-state index contributed by atoms with van der Waals surface area (Å²) in [5.74, 6) is -0.276. The first-order valence-electron chi connectivity index (χ1n) is 7.18. The molecule has 6 heteroatoms. The lowest BCUT2D eigenvalue weighted by Crippen LogP contribution is -2.46. The Labute approximate surface area is 121 Å². The summed E-state index contributed by atoms with van der Waals surface area (Å²) in [4.78, 5) is 2.35. The summed E-state index contributed by atoms with van der Waals surface area (Å²) >= 11 is 0. The molecule has 2 atom stereocenters. The van der Waals surface area contributed by atoms with Gasteiger partial charge in [-0.2, -0.15) is 0 Å². The van der Waals surface area contributed by atoms with Gasteiger partial charge in [-0.25, -0.2) is 0 Å². The maximum Gasteiger partial charge on any atom is 0.573 e. The van der Waals surface area contributed by atoms with Crippen LogP contribution in [-0.4, -0.2) is 35.5 Å². The van der Waals surface area contributed by atoms with E-state index in [0.717, 1.165) is 25.9 Å². The summed E-state index contributed by atoms with van der Waals surface area (Å²) in [6.45, 7) is 1.84. The topological polar surface area (TPSA) is 32.7 Å². The van der Waals surface area contributed by atoms with Crippen molar-refractivity contribution < 1.29 is 23.0 Å². The first-order valence-corrected chi connectivity index (χ1v) is 7.18. The fraction of sp³-hybridized carbons (Fsp3) is 0.600. The van der Waals surface area contributed by atoms with Crippen LogP contribution in [0.1, 0.15) is 31.2 Å². The molecule has 2 aliphatic heterocycles. The highest BCUT2D eigenvalue weighted by atomic mass is 19.4. The van der Waals surface area contributed by atoms with Crippen molar-refractivity contribution in [3.05, 3.63) is 29.8 Å². The third-order valence-electron chi connectivity index (χ3n) is 4.49. The van der Waals surface area contributed by atoms with Crippen LogP contribution < -0.4 is 4.74 Å². The number of hydrogen-bond acceptors (Lipinski definition) is 3. The van der Waals surface area contributed by atoms with E-state index in [0.29, 0.717) is 24.4 Å². The molecule has 3 rings (SSSR count). The molecule has 0 saturated carbocycles. The molecule has 21 heavy (non-hydrogen) atoms. The summed E-state index contributed by atoms with van der Waals surface area (Å²) in [7, 11) is 0. The van der Waals surface area contributed by atoms with E-state index in [1.54, 1.807) is 6.07 Å². The molecule has 0 aromatic heterocycles. The van der Waals surface area contributed by atoms with E-state index in [-0.39, 0.29) is 5.75 Å². The van der Waals surface area contributed by atoms with Crippen LogP contribution in [0.15, 0.2) is 24.3 Å². The molecule has 1 N–H and O–H groups in total. The standard InChI is InChI=1S/C15H18F3NO2/c16-15(17,18)21-13-5-1-3-11(9-13)14(20)6-8-19-7-2-4-12(19)10-14/h1,3,5,9,12,20H,2,4,6-8,10H2. The van der Waals surface area contributed by atoms with Crippen LogP contribution in [0.3, 0.4) is 0 Å². The Morgan fingerprint density at radius 1 is 1.29 bits per heavy atom. The molecule has 0 amide bonds. The molecule has 2 unspecified atom stereocenters. The highest BCUT2D eigenvalue weighted by molar-refractivity contribution is 5.33. The second kappa shape index (κ2) is 5.18. The third-order valence-corrected chi connectivity index (χ3v) is 4.49. The molecule has 1 aromatic carbocycles. The average molecular weight is 301 g/mol. The van der Waals surface area contributed by atoms with E-state index in [1.165, 1.54) is 18.2 Å². The lowest BCUT2D eigenvalue weighted by molar-refractivity contribution is -0.274. The Kier molecular flexibility index (Phi) is 3.61. The molecule has 2 aliphatic rings. The molecule has 0 radical (unpaired) electrons. The average Bonchev–Trinajstić information content (AvgIpc) is 2.84. The van der Waals surface area contributed by atoms with Crippen molar-refractivity contribution in [2.24, 2.45) is 0 Å². The Bertz CT molecular complexity index is 520. The Morgan fingerprint density at radius 3 is 2.86 bits per heavy atom. The zero-order chi connectivity index (χ0) is 15.1. The smallest absolute Gasteiger partial charge is 0.406 e. The van der Waals surface area contributed by atoms with Gasteiger partial charge in [0.05, 0.1) is 5.60 Å². The number of ether oxygens (including phenoxy) is 1. The monoisotopic (exact) mass is 301 g/mol. The largest absolute Gasteiger partial charge is 0.573 e. The number of alkyl halides is 3. The van der Waals surface area contributed by atoms with Gasteiger partial charge in [-0.1, -0.05) is 12.1 Å². The van der Waals surface area contributed by atoms with Crippen LogP contribution in [0.4, 0.5) is 13.2 Å². The van der Waals surface area contributed by atoms with E-state index in [4.69, 9.17) is 0 Å². The van der Waals surface area contributed by atoms with E-state index in [2.05, 4.69) is 9.64 Å². The van der Waals surface area contributed by atoms with Crippen molar-refractivity contribution in [2.45, 2.75) is 43.7 Å². The fourth-order valence-electron chi connectivity index (χ4n) is 3.49. The predicted molar refractivity (Wildman–Crippen MR) is 70.9 cm³/mol. The minimum Gasteiger partial charge on any atom is -0.406 e. The van der Waals surface area contributed by atoms with Crippen LogP contribution in [0, 0.1) is 0 Å². The van der Waals surface area contributed by atoms with Crippen molar-refractivity contribution in [3.8, 4) is 5.75 Å². The molecule has 1 aromatic rings. The van der Waals surface area contributed by atoms with Crippen molar-refractivity contribution in [3.63, 3.8) is 0 Å². The molecule has 2 heterocycles. The molecular weight excluding hydrogens is 283 g/mol. The number of piperidine rings is 1. The fourth-order valence-corrected chi connectivity index (χ4v) is 3.49. The van der Waals surface area contributed by atoms with Gasteiger partial charge in [-0.3, -0.25) is 0 Å². The van der Waals surface area contributed by atoms with Crippen LogP contribution in [0.25, 0.3) is 0 Å². The minimum absolute atomic E-state index is 0.276. The van der Waals surface area contributed by atoms with Gasteiger partial charge in [-0.05, 0) is 49.9 Å². The maximum absolute atomic E-state index is 12.3. The van der Waals surface area contributed by atoms with Gasteiger partial charge in [0.15, 0.2) is 0 Å². The number of aliphatic hydroxyl groups is 1. The Morgan fingerprint density at radius 2 is 2.10 bits per heavy atom. The van der Waals surface area contributed by atoms with Crippen LogP contribution in [-0.2, 0) is 5.60 Å². The lowest BCUT2D eigenvalue weighted by Gasteiger charge is -2.41. The summed E-state index contributed by atoms with van der Waals surface area (Å²) < 4.78 is 40.8. The van der Waals surface area contributed by atoms with E-state index < -0.39 is 12.0 Å². The predicted octanol–water partition coefficient (Wildman–Crippen LogP) is 3.03. The molecule has 2 fully saturated rings. The molecule has 2 saturated heterocycles. The van der Waals surface area contributed by atoms with Crippen molar-refractivity contribution >= 4 is 0 Å². The second-order valence-corrected chi connectivity index (χ2v) is 5.89. The zero-order valence-corrected chi connectivity index (χ0v) is 11.6. The van der Waals surface area contributed by atoms with Crippen molar-refractivity contribution in [2.75, 3.05) is 13.1 Å². The van der Waals surface area contributed by atoms with E-state index in [9.17, 15) is 18.3 Å². The molecule has 116 valence electrons. The maximum atomic E-state index is 12.3. The van der Waals surface area contributed by atoms with Crippen LogP contribution in [0.5, 0.6) is 5.75 Å². The molecule has 0 bridgehead atoms. The normalized spacial score (nSPS) is 30.2. The lowest BCUT2D eigenvalue weighted by atomic mass is 9.81. The third kappa shape index (κ3) is 3.16. The quantitative estimate of drug-likeness (QED) is 0.911. The number of halogens is 3. The number of nitrogens with zero attached hydrogens (tertiary/aromatic N) is 1. The SMILES string of the molecule is OC1(c2cccc(OC(F)(F)F)c2)CCN2CCCC2C1. The van der Waals surface area contributed by atoms with Gasteiger partial charge in [0.25, 0.3) is 0 Å². The van der Waals surface area contributed by atoms with Gasteiger partial charge in [0.1, 0.15) is 5.75 Å². The number of rotatable bonds is 2. The van der Waals surface area contributed by atoms with Gasteiger partial charge < -0.3 is 14.7 Å². The molecular formula is C15H18F3NO2. The van der Waals surface area contributed by atoms with E-state index >= 15 is 0 Å². The van der Waals surface area contributed by atoms with Crippen LogP contribution >= 0.6 is 0 Å². The van der Waals surface area contributed by atoms with Gasteiger partial charge in [-0.15, -0.1) is 13.2 Å². The first-order chi connectivity index (χ1) is 9.86. The van der Waals surface area contributed by atoms with E-state index in [1.807, 2.05) is 0 Å². The molecule has 0 spiro atoms. The van der Waals surface area contributed by atoms with Gasteiger partial charge in [0, 0.05) is 12.6 Å². The van der Waals surface area contributed by atoms with Crippen molar-refractivity contribution in [1.82, 2.24) is 4.90 Å². The summed E-state index contributed by atoms with van der Waals surface area (Å²) in [5, 5.41) is 10.8. The summed E-state index contributed by atoms with van der Waals surface area (Å²) in [6.07, 6.45) is -1.43. The van der Waals surface area contributed by atoms with Crippen molar-refractivity contribution in [1.29, 1.82) is 0 Å². The minimum atomic E-state index is -4.71. The van der Waals surface area contributed by atoms with Gasteiger partial charge >= 0.3 is 6.36 Å². The first kappa shape index (κ1) is 14.7. The Balaban J connectivity index is 1.81. The number of benzene rings is 1.